The summed E-state index contributed by atoms with van der Waals surface area (Å²) in [6.07, 6.45) is 1.02. The molecule has 0 amide bonds. The highest BCUT2D eigenvalue weighted by molar-refractivity contribution is 7.98. The lowest BCUT2D eigenvalue weighted by atomic mass is 10.1. The predicted octanol–water partition coefficient (Wildman–Crippen LogP) is 1.31. The van der Waals surface area contributed by atoms with Crippen molar-refractivity contribution in [3.63, 3.8) is 0 Å². The second-order valence-electron chi connectivity index (χ2n) is 3.95. The summed E-state index contributed by atoms with van der Waals surface area (Å²) < 4.78 is 5.34. The van der Waals surface area contributed by atoms with Crippen molar-refractivity contribution in [1.29, 1.82) is 0 Å². The van der Waals surface area contributed by atoms with Gasteiger partial charge in [0.15, 0.2) is 0 Å². The van der Waals surface area contributed by atoms with Gasteiger partial charge in [-0.15, -0.1) is 0 Å². The maximum Gasteiger partial charge on any atom is 0.136 e. The van der Waals surface area contributed by atoms with Crippen LogP contribution in [-0.4, -0.2) is 23.2 Å². The van der Waals surface area contributed by atoms with Crippen molar-refractivity contribution in [2.24, 2.45) is 0 Å². The lowest BCUT2D eigenvalue weighted by molar-refractivity contribution is 0.193. The molecule has 3 heterocycles. The highest BCUT2D eigenvalue weighted by atomic mass is 32.2. The van der Waals surface area contributed by atoms with E-state index in [-0.39, 0.29) is 0 Å². The second kappa shape index (κ2) is 3.64. The fourth-order valence-corrected chi connectivity index (χ4v) is 3.07. The van der Waals surface area contributed by atoms with Crippen LogP contribution in [0.15, 0.2) is 0 Å². The van der Waals surface area contributed by atoms with Gasteiger partial charge in [0, 0.05) is 29.6 Å². The third kappa shape index (κ3) is 1.59. The molecule has 0 bridgehead atoms. The van der Waals surface area contributed by atoms with Crippen LogP contribution in [0.3, 0.4) is 0 Å². The molecule has 2 N–H and O–H groups in total. The van der Waals surface area contributed by atoms with Crippen molar-refractivity contribution < 1.29 is 4.74 Å². The largest absolute Gasteiger partial charge is 0.383 e. The highest BCUT2D eigenvalue weighted by Crippen LogP contribution is 2.33. The molecule has 0 aliphatic carbocycles. The predicted molar refractivity (Wildman–Crippen MR) is 59.6 cm³/mol. The van der Waals surface area contributed by atoms with Crippen molar-refractivity contribution in [3.05, 3.63) is 17.1 Å². The third-order valence-electron chi connectivity index (χ3n) is 2.92. The van der Waals surface area contributed by atoms with Gasteiger partial charge < -0.3 is 10.5 Å². The second-order valence-corrected chi connectivity index (χ2v) is 4.93. The van der Waals surface area contributed by atoms with Gasteiger partial charge in [0.1, 0.15) is 11.6 Å². The molecule has 1 fully saturated rings. The van der Waals surface area contributed by atoms with Crippen LogP contribution in [0.25, 0.3) is 0 Å². The Bertz CT molecular complexity index is 390. The van der Waals surface area contributed by atoms with Crippen LogP contribution in [0.1, 0.15) is 29.4 Å². The SMILES string of the molecule is Nc1nc(C2CCOC2)nc2c1CSC2. The van der Waals surface area contributed by atoms with Gasteiger partial charge in [0.05, 0.1) is 12.3 Å². The van der Waals surface area contributed by atoms with Gasteiger partial charge in [-0.05, 0) is 6.42 Å². The summed E-state index contributed by atoms with van der Waals surface area (Å²) in [4.78, 5) is 9.00. The smallest absolute Gasteiger partial charge is 0.136 e. The number of hydrogen-bond donors (Lipinski definition) is 1. The summed E-state index contributed by atoms with van der Waals surface area (Å²) in [6, 6.07) is 0. The van der Waals surface area contributed by atoms with E-state index in [1.807, 2.05) is 11.8 Å². The van der Waals surface area contributed by atoms with Crippen LogP contribution < -0.4 is 5.73 Å². The lowest BCUT2D eigenvalue weighted by Crippen LogP contribution is -2.10. The van der Waals surface area contributed by atoms with Gasteiger partial charge in [-0.25, -0.2) is 9.97 Å². The first-order valence-electron chi connectivity index (χ1n) is 5.15. The molecular weight excluding hydrogens is 210 g/mol. The number of fused-ring (bicyclic) bond motifs is 1. The summed E-state index contributed by atoms with van der Waals surface area (Å²) in [5.74, 6) is 3.84. The first-order valence-corrected chi connectivity index (χ1v) is 6.30. The van der Waals surface area contributed by atoms with Crippen molar-refractivity contribution in [2.45, 2.75) is 23.8 Å². The minimum Gasteiger partial charge on any atom is -0.383 e. The lowest BCUT2D eigenvalue weighted by Gasteiger charge is -2.09. The van der Waals surface area contributed by atoms with E-state index in [0.29, 0.717) is 11.7 Å². The third-order valence-corrected chi connectivity index (χ3v) is 3.89. The average Bonchev–Trinajstić information content (AvgIpc) is 2.88. The minimum absolute atomic E-state index is 0.350. The topological polar surface area (TPSA) is 61.0 Å². The minimum atomic E-state index is 0.350. The molecule has 0 saturated carbocycles. The van der Waals surface area contributed by atoms with Crippen molar-refractivity contribution in [1.82, 2.24) is 9.97 Å². The Morgan fingerprint density at radius 1 is 1.33 bits per heavy atom. The molecule has 1 aromatic heterocycles. The molecule has 1 unspecified atom stereocenters. The molecule has 0 aromatic carbocycles. The maximum atomic E-state index is 5.94. The standard InChI is InChI=1S/C10H13N3OS/c11-9-7-4-15-5-8(7)12-10(13-9)6-1-2-14-3-6/h6H,1-5H2,(H2,11,12,13). The molecule has 80 valence electrons. The molecule has 1 atom stereocenters. The number of nitrogens with two attached hydrogens (primary N) is 1. The Balaban J connectivity index is 1.99. The first-order chi connectivity index (χ1) is 7.34. The molecular formula is C10H13N3OS. The van der Waals surface area contributed by atoms with E-state index in [2.05, 4.69) is 9.97 Å². The van der Waals surface area contributed by atoms with E-state index in [1.165, 1.54) is 0 Å². The zero-order valence-electron chi connectivity index (χ0n) is 8.40. The van der Waals surface area contributed by atoms with Crippen LogP contribution in [0, 0.1) is 0 Å². The summed E-state index contributed by atoms with van der Waals surface area (Å²) >= 11 is 1.85. The Hall–Kier alpha value is -0.810. The van der Waals surface area contributed by atoms with Crippen LogP contribution >= 0.6 is 11.8 Å². The summed E-state index contributed by atoms with van der Waals surface area (Å²) in [6.45, 7) is 1.56. The Kier molecular flexibility index (Phi) is 2.29. The van der Waals surface area contributed by atoms with E-state index >= 15 is 0 Å². The normalized spacial score (nSPS) is 24.4. The van der Waals surface area contributed by atoms with E-state index in [1.54, 1.807) is 0 Å². The number of thioether (sulfide) groups is 1. The molecule has 1 saturated heterocycles. The molecule has 1 aromatic rings. The van der Waals surface area contributed by atoms with Crippen LogP contribution in [0.4, 0.5) is 5.82 Å². The summed E-state index contributed by atoms with van der Waals surface area (Å²) in [5, 5.41) is 0. The molecule has 5 heteroatoms. The molecule has 0 radical (unpaired) electrons. The number of aromatic nitrogens is 2. The number of hydrogen-bond acceptors (Lipinski definition) is 5. The van der Waals surface area contributed by atoms with Crippen molar-refractivity contribution >= 4 is 17.6 Å². The molecule has 15 heavy (non-hydrogen) atoms. The molecule has 2 aliphatic heterocycles. The van der Waals surface area contributed by atoms with Crippen molar-refractivity contribution in [3.8, 4) is 0 Å². The van der Waals surface area contributed by atoms with Crippen LogP contribution in [0.5, 0.6) is 0 Å². The van der Waals surface area contributed by atoms with Gasteiger partial charge in [0.25, 0.3) is 0 Å². The Morgan fingerprint density at radius 3 is 3.07 bits per heavy atom. The van der Waals surface area contributed by atoms with Crippen molar-refractivity contribution in [2.75, 3.05) is 18.9 Å². The van der Waals surface area contributed by atoms with Gasteiger partial charge in [-0.3, -0.25) is 0 Å². The Morgan fingerprint density at radius 2 is 2.27 bits per heavy atom. The number of anilines is 1. The maximum absolute atomic E-state index is 5.94. The van der Waals surface area contributed by atoms with E-state index in [4.69, 9.17) is 10.5 Å². The first kappa shape index (κ1) is 9.42. The quantitative estimate of drug-likeness (QED) is 0.777. The number of nitrogen functional groups attached to an aromatic ring is 1. The fourth-order valence-electron chi connectivity index (χ4n) is 2.02. The van der Waals surface area contributed by atoms with E-state index in [0.717, 1.165) is 48.2 Å². The zero-order chi connectivity index (χ0) is 10.3. The van der Waals surface area contributed by atoms with Gasteiger partial charge in [-0.2, -0.15) is 11.8 Å². The summed E-state index contributed by atoms with van der Waals surface area (Å²) in [5.41, 5.74) is 8.21. The number of rotatable bonds is 1. The molecule has 3 rings (SSSR count). The Labute approximate surface area is 92.6 Å². The molecule has 2 aliphatic rings. The van der Waals surface area contributed by atoms with Crippen LogP contribution in [0.2, 0.25) is 0 Å². The van der Waals surface area contributed by atoms with E-state index < -0.39 is 0 Å². The van der Waals surface area contributed by atoms with E-state index in [9.17, 15) is 0 Å². The summed E-state index contributed by atoms with van der Waals surface area (Å²) in [7, 11) is 0. The zero-order valence-corrected chi connectivity index (χ0v) is 9.22. The molecule has 4 nitrogen and oxygen atoms in total. The number of nitrogens with zero attached hydrogens (tertiary/aromatic N) is 2. The van der Waals surface area contributed by atoms with Gasteiger partial charge >= 0.3 is 0 Å². The van der Waals surface area contributed by atoms with Gasteiger partial charge in [0.2, 0.25) is 0 Å². The fraction of sp³-hybridized carbons (Fsp3) is 0.600. The monoisotopic (exact) mass is 223 g/mol. The van der Waals surface area contributed by atoms with Crippen LogP contribution in [-0.2, 0) is 16.2 Å². The highest BCUT2D eigenvalue weighted by Gasteiger charge is 2.24. The molecule has 0 spiro atoms. The average molecular weight is 223 g/mol. The number of ether oxygens (including phenoxy) is 1. The van der Waals surface area contributed by atoms with Gasteiger partial charge in [-0.1, -0.05) is 0 Å².